The molecule has 0 saturated heterocycles. The molecule has 0 N–H and O–H groups in total. The lowest BCUT2D eigenvalue weighted by Gasteiger charge is -2.29. The topological polar surface area (TPSA) is 0 Å². The van der Waals surface area contributed by atoms with Crippen LogP contribution in [0.5, 0.6) is 0 Å². The molecule has 3 aromatic rings. The van der Waals surface area contributed by atoms with Gasteiger partial charge in [-0.25, -0.2) is 17.6 Å². The first-order valence-electron chi connectivity index (χ1n) is 10.8. The van der Waals surface area contributed by atoms with E-state index >= 15 is 4.39 Å². The summed E-state index contributed by atoms with van der Waals surface area (Å²) in [4.78, 5) is 0. The molecular formula is C26H26F4. The molecule has 0 atom stereocenters. The fourth-order valence-corrected chi connectivity index (χ4v) is 4.78. The minimum atomic E-state index is -1.55. The van der Waals surface area contributed by atoms with Crippen molar-refractivity contribution in [1.82, 2.24) is 0 Å². The maximum Gasteiger partial charge on any atom is 0.194 e. The molecule has 30 heavy (non-hydrogen) atoms. The van der Waals surface area contributed by atoms with Gasteiger partial charge in [-0.1, -0.05) is 56.5 Å². The van der Waals surface area contributed by atoms with E-state index in [1.807, 2.05) is 12.1 Å². The number of halogens is 4. The first-order valence-corrected chi connectivity index (χ1v) is 10.8. The lowest BCUT2D eigenvalue weighted by atomic mass is 9.77. The molecule has 0 amide bonds. The Bertz CT molecular complexity index is 1030. The van der Waals surface area contributed by atoms with Crippen LogP contribution in [0, 0.1) is 29.2 Å². The highest BCUT2D eigenvalue weighted by atomic mass is 19.2. The maximum atomic E-state index is 15.1. The minimum absolute atomic E-state index is 0.0136. The van der Waals surface area contributed by atoms with E-state index in [0.717, 1.165) is 36.3 Å². The smallest absolute Gasteiger partial charge is 0.194 e. The van der Waals surface area contributed by atoms with Crippen molar-refractivity contribution < 1.29 is 17.6 Å². The summed E-state index contributed by atoms with van der Waals surface area (Å²) in [7, 11) is 0. The monoisotopic (exact) mass is 414 g/mol. The van der Waals surface area contributed by atoms with Crippen molar-refractivity contribution >= 4 is 10.8 Å². The van der Waals surface area contributed by atoms with Gasteiger partial charge in [0.15, 0.2) is 17.5 Å². The molecule has 1 aliphatic carbocycles. The third-order valence-electron chi connectivity index (χ3n) is 6.56. The Hall–Kier alpha value is -2.36. The first kappa shape index (κ1) is 20.9. The Morgan fingerprint density at radius 3 is 2.17 bits per heavy atom. The second-order valence-electron chi connectivity index (χ2n) is 8.52. The second kappa shape index (κ2) is 8.79. The van der Waals surface area contributed by atoms with Gasteiger partial charge in [-0.2, -0.15) is 0 Å². The van der Waals surface area contributed by atoms with Gasteiger partial charge in [-0.05, 0) is 66.2 Å². The SMILES string of the molecule is CCCCC1CCC(c2ccc3c(F)c(-c4cc(F)c(F)c(F)c4)ccc3c2)CC1. The van der Waals surface area contributed by atoms with Crippen LogP contribution in [0.1, 0.15) is 63.4 Å². The van der Waals surface area contributed by atoms with Crippen molar-refractivity contribution in [3.05, 3.63) is 71.3 Å². The van der Waals surface area contributed by atoms with Gasteiger partial charge in [0, 0.05) is 10.9 Å². The van der Waals surface area contributed by atoms with Gasteiger partial charge in [0.1, 0.15) is 5.82 Å². The number of rotatable bonds is 5. The van der Waals surface area contributed by atoms with Gasteiger partial charge in [0.05, 0.1) is 0 Å². The quantitative estimate of drug-likeness (QED) is 0.290. The second-order valence-corrected chi connectivity index (χ2v) is 8.52. The normalized spacial score (nSPS) is 19.4. The van der Waals surface area contributed by atoms with Gasteiger partial charge in [-0.3, -0.25) is 0 Å². The predicted molar refractivity (Wildman–Crippen MR) is 113 cm³/mol. The van der Waals surface area contributed by atoms with Crippen LogP contribution >= 0.6 is 0 Å². The third kappa shape index (κ3) is 4.10. The summed E-state index contributed by atoms with van der Waals surface area (Å²) in [5.74, 6) is -3.42. The molecule has 3 aromatic carbocycles. The van der Waals surface area contributed by atoms with E-state index in [0.29, 0.717) is 11.3 Å². The van der Waals surface area contributed by atoms with Gasteiger partial charge >= 0.3 is 0 Å². The Kier molecular flexibility index (Phi) is 6.12. The molecule has 1 fully saturated rings. The average Bonchev–Trinajstić information content (AvgIpc) is 2.76. The lowest BCUT2D eigenvalue weighted by Crippen LogP contribution is -2.13. The average molecular weight is 414 g/mol. The minimum Gasteiger partial charge on any atom is -0.206 e. The standard InChI is InChI=1S/C26H26F4/c1-2-3-4-16-5-7-17(8-6-16)18-9-11-21-19(13-18)10-12-22(25(21)29)20-14-23(27)26(30)24(28)15-20/h9-17H,2-8H2,1H3. The number of unbranched alkanes of at least 4 members (excludes halogenated alkanes) is 1. The van der Waals surface area contributed by atoms with E-state index in [1.54, 1.807) is 12.1 Å². The summed E-state index contributed by atoms with van der Waals surface area (Å²) in [6.45, 7) is 2.23. The summed E-state index contributed by atoms with van der Waals surface area (Å²) < 4.78 is 55.5. The molecule has 0 aliphatic heterocycles. The Balaban J connectivity index is 1.59. The predicted octanol–water partition coefficient (Wildman–Crippen LogP) is 8.53. The van der Waals surface area contributed by atoms with Crippen molar-refractivity contribution in [3.63, 3.8) is 0 Å². The number of fused-ring (bicyclic) bond motifs is 1. The summed E-state index contributed by atoms with van der Waals surface area (Å²) in [5.41, 5.74) is 1.27. The van der Waals surface area contributed by atoms with Crippen LogP contribution in [-0.4, -0.2) is 0 Å². The molecule has 0 nitrogen and oxygen atoms in total. The molecule has 1 saturated carbocycles. The van der Waals surface area contributed by atoms with E-state index in [4.69, 9.17) is 0 Å². The summed E-state index contributed by atoms with van der Waals surface area (Å²) in [6.07, 6.45) is 8.68. The van der Waals surface area contributed by atoms with Crippen LogP contribution < -0.4 is 0 Å². The highest BCUT2D eigenvalue weighted by Gasteiger charge is 2.23. The van der Waals surface area contributed by atoms with Crippen molar-refractivity contribution in [1.29, 1.82) is 0 Å². The van der Waals surface area contributed by atoms with Crippen LogP contribution in [0.15, 0.2) is 42.5 Å². The van der Waals surface area contributed by atoms with Crippen LogP contribution in [0.4, 0.5) is 17.6 Å². The molecule has 158 valence electrons. The fraction of sp³-hybridized carbons (Fsp3) is 0.385. The third-order valence-corrected chi connectivity index (χ3v) is 6.56. The highest BCUT2D eigenvalue weighted by molar-refractivity contribution is 5.89. The first-order chi connectivity index (χ1) is 14.5. The van der Waals surface area contributed by atoms with E-state index in [1.165, 1.54) is 43.7 Å². The van der Waals surface area contributed by atoms with Crippen LogP contribution in [-0.2, 0) is 0 Å². The van der Waals surface area contributed by atoms with E-state index in [-0.39, 0.29) is 11.1 Å². The number of hydrogen-bond acceptors (Lipinski definition) is 0. The molecule has 0 unspecified atom stereocenters. The molecule has 0 heterocycles. The number of benzene rings is 3. The van der Waals surface area contributed by atoms with Crippen molar-refractivity contribution in [2.45, 2.75) is 57.8 Å². The van der Waals surface area contributed by atoms with Gasteiger partial charge in [0.25, 0.3) is 0 Å². The zero-order chi connectivity index (χ0) is 21.3. The molecule has 0 bridgehead atoms. The van der Waals surface area contributed by atoms with Crippen LogP contribution in [0.25, 0.3) is 21.9 Å². The molecule has 4 rings (SSSR count). The Morgan fingerprint density at radius 1 is 0.800 bits per heavy atom. The zero-order valence-corrected chi connectivity index (χ0v) is 17.2. The molecule has 0 spiro atoms. The van der Waals surface area contributed by atoms with Crippen molar-refractivity contribution in [2.24, 2.45) is 5.92 Å². The summed E-state index contributed by atoms with van der Waals surface area (Å²) in [5, 5.41) is 1.17. The number of hydrogen-bond donors (Lipinski definition) is 0. The van der Waals surface area contributed by atoms with Gasteiger partial charge in [-0.15, -0.1) is 0 Å². The van der Waals surface area contributed by atoms with E-state index < -0.39 is 23.3 Å². The molecule has 4 heteroatoms. The summed E-state index contributed by atoms with van der Waals surface area (Å²) >= 11 is 0. The van der Waals surface area contributed by atoms with Crippen molar-refractivity contribution in [3.8, 4) is 11.1 Å². The van der Waals surface area contributed by atoms with Crippen LogP contribution in [0.2, 0.25) is 0 Å². The zero-order valence-electron chi connectivity index (χ0n) is 17.2. The molecule has 0 aromatic heterocycles. The van der Waals surface area contributed by atoms with Gasteiger partial charge in [0.2, 0.25) is 0 Å². The highest BCUT2D eigenvalue weighted by Crippen LogP contribution is 2.39. The Labute approximate surface area is 174 Å². The summed E-state index contributed by atoms with van der Waals surface area (Å²) in [6, 6.07) is 10.7. The molecule has 0 radical (unpaired) electrons. The van der Waals surface area contributed by atoms with Crippen LogP contribution in [0.3, 0.4) is 0 Å². The lowest BCUT2D eigenvalue weighted by molar-refractivity contribution is 0.304. The fourth-order valence-electron chi connectivity index (χ4n) is 4.78. The van der Waals surface area contributed by atoms with E-state index in [2.05, 4.69) is 6.92 Å². The molecular weight excluding hydrogens is 388 g/mol. The van der Waals surface area contributed by atoms with Gasteiger partial charge < -0.3 is 0 Å². The molecule has 1 aliphatic rings. The van der Waals surface area contributed by atoms with E-state index in [9.17, 15) is 13.2 Å². The maximum absolute atomic E-state index is 15.1. The Morgan fingerprint density at radius 2 is 1.50 bits per heavy atom. The largest absolute Gasteiger partial charge is 0.206 e. The van der Waals surface area contributed by atoms with Crippen molar-refractivity contribution in [2.75, 3.05) is 0 Å².